The van der Waals surface area contributed by atoms with Gasteiger partial charge in [0.2, 0.25) is 0 Å². The van der Waals surface area contributed by atoms with E-state index in [0.29, 0.717) is 17.0 Å². The van der Waals surface area contributed by atoms with E-state index < -0.39 is 5.24 Å². The summed E-state index contributed by atoms with van der Waals surface area (Å²) in [4.78, 5) is 11.0. The van der Waals surface area contributed by atoms with Crippen LogP contribution in [0.4, 0.5) is 0 Å². The Kier molecular flexibility index (Phi) is 3.48. The van der Waals surface area contributed by atoms with E-state index in [2.05, 4.69) is 12.1 Å². The molecule has 3 nitrogen and oxygen atoms in total. The van der Waals surface area contributed by atoms with Gasteiger partial charge in [0, 0.05) is 6.42 Å². The molecular formula is C9H12ClNO2. The molecule has 0 spiro atoms. The minimum absolute atomic E-state index is 0.440. The van der Waals surface area contributed by atoms with Gasteiger partial charge in [-0.3, -0.25) is 4.79 Å². The highest BCUT2D eigenvalue weighted by atomic mass is 35.5. The minimum atomic E-state index is -0.482. The predicted octanol–water partition coefficient (Wildman–Crippen LogP) is 2.70. The second kappa shape index (κ2) is 4.42. The van der Waals surface area contributed by atoms with E-state index in [4.69, 9.17) is 16.1 Å². The lowest BCUT2D eigenvalue weighted by Gasteiger charge is -1.94. The lowest BCUT2D eigenvalue weighted by atomic mass is 10.1. The van der Waals surface area contributed by atoms with Crippen LogP contribution >= 0.6 is 11.6 Å². The fourth-order valence-corrected chi connectivity index (χ4v) is 1.42. The Morgan fingerprint density at radius 2 is 2.31 bits per heavy atom. The number of aromatic nitrogens is 1. The summed E-state index contributed by atoms with van der Waals surface area (Å²) in [5.74, 6) is 0.611. The molecule has 13 heavy (non-hydrogen) atoms. The van der Waals surface area contributed by atoms with Crippen LogP contribution in [0.25, 0.3) is 0 Å². The largest absolute Gasteiger partial charge is 0.360 e. The van der Waals surface area contributed by atoms with Gasteiger partial charge in [0.1, 0.15) is 5.76 Å². The van der Waals surface area contributed by atoms with E-state index in [0.717, 1.165) is 19.3 Å². The number of nitrogens with zero attached hydrogens (tertiary/aromatic N) is 1. The third-order valence-electron chi connectivity index (χ3n) is 1.89. The van der Waals surface area contributed by atoms with Crippen LogP contribution in [0.1, 0.15) is 41.6 Å². The molecule has 1 aromatic rings. The lowest BCUT2D eigenvalue weighted by Crippen LogP contribution is -1.95. The Morgan fingerprint density at radius 3 is 2.85 bits per heavy atom. The topological polar surface area (TPSA) is 43.1 Å². The number of halogens is 1. The van der Waals surface area contributed by atoms with Gasteiger partial charge in [-0.2, -0.15) is 0 Å². The fraction of sp³-hybridized carbons (Fsp3) is 0.556. The van der Waals surface area contributed by atoms with E-state index in [9.17, 15) is 4.79 Å². The summed E-state index contributed by atoms with van der Waals surface area (Å²) < 4.78 is 5.00. The molecule has 0 radical (unpaired) electrons. The van der Waals surface area contributed by atoms with Crippen LogP contribution in [0.5, 0.6) is 0 Å². The molecule has 0 atom stereocenters. The second-order valence-electron chi connectivity index (χ2n) is 2.94. The molecule has 72 valence electrons. The number of carbonyl (C=O) groups is 1. The van der Waals surface area contributed by atoms with Gasteiger partial charge in [-0.15, -0.1) is 0 Å². The Labute approximate surface area is 82.1 Å². The van der Waals surface area contributed by atoms with Crippen molar-refractivity contribution in [2.75, 3.05) is 0 Å². The summed E-state index contributed by atoms with van der Waals surface area (Å²) in [6.07, 6.45) is 2.76. The first kappa shape index (κ1) is 10.3. The van der Waals surface area contributed by atoms with Crippen LogP contribution < -0.4 is 0 Å². The second-order valence-corrected chi connectivity index (χ2v) is 3.29. The van der Waals surface area contributed by atoms with Crippen LogP contribution in [-0.2, 0) is 6.42 Å². The Hall–Kier alpha value is -0.830. The minimum Gasteiger partial charge on any atom is -0.360 e. The van der Waals surface area contributed by atoms with E-state index >= 15 is 0 Å². The first-order valence-corrected chi connectivity index (χ1v) is 4.69. The highest BCUT2D eigenvalue weighted by molar-refractivity contribution is 6.68. The molecule has 0 bridgehead atoms. The monoisotopic (exact) mass is 201 g/mol. The van der Waals surface area contributed by atoms with Gasteiger partial charge in [0.05, 0.1) is 11.3 Å². The van der Waals surface area contributed by atoms with Crippen LogP contribution in [0.2, 0.25) is 0 Å². The molecule has 0 aromatic carbocycles. The molecule has 1 heterocycles. The number of aryl methyl sites for hydroxylation is 2. The van der Waals surface area contributed by atoms with Gasteiger partial charge >= 0.3 is 0 Å². The van der Waals surface area contributed by atoms with Gasteiger partial charge in [0.15, 0.2) is 0 Å². The van der Waals surface area contributed by atoms with Crippen molar-refractivity contribution in [1.29, 1.82) is 0 Å². The molecule has 1 rings (SSSR count). The van der Waals surface area contributed by atoms with Crippen molar-refractivity contribution in [3.63, 3.8) is 0 Å². The van der Waals surface area contributed by atoms with Gasteiger partial charge < -0.3 is 4.52 Å². The van der Waals surface area contributed by atoms with E-state index in [1.165, 1.54) is 0 Å². The zero-order chi connectivity index (χ0) is 9.84. The maximum absolute atomic E-state index is 11.0. The molecule has 4 heteroatoms. The molecule has 0 aliphatic heterocycles. The number of hydrogen-bond acceptors (Lipinski definition) is 3. The summed E-state index contributed by atoms with van der Waals surface area (Å²) in [6.45, 7) is 3.79. The average molecular weight is 202 g/mol. The van der Waals surface area contributed by atoms with E-state index in [-0.39, 0.29) is 0 Å². The van der Waals surface area contributed by atoms with Crippen LogP contribution in [0.3, 0.4) is 0 Å². The summed E-state index contributed by atoms with van der Waals surface area (Å²) >= 11 is 5.39. The molecule has 0 fully saturated rings. The Balaban J connectivity index is 2.87. The van der Waals surface area contributed by atoms with Crippen molar-refractivity contribution < 1.29 is 9.32 Å². The van der Waals surface area contributed by atoms with Crippen LogP contribution in [0, 0.1) is 6.92 Å². The molecule has 1 aromatic heterocycles. The van der Waals surface area contributed by atoms with Crippen molar-refractivity contribution in [3.05, 3.63) is 17.0 Å². The van der Waals surface area contributed by atoms with Crippen molar-refractivity contribution in [2.45, 2.75) is 33.1 Å². The van der Waals surface area contributed by atoms with Crippen molar-refractivity contribution in [3.8, 4) is 0 Å². The molecule has 0 N–H and O–H groups in total. The highest BCUT2D eigenvalue weighted by Gasteiger charge is 2.17. The molecule has 0 saturated heterocycles. The van der Waals surface area contributed by atoms with Crippen LogP contribution in [-0.4, -0.2) is 10.4 Å². The number of carbonyl (C=O) groups excluding carboxylic acids is 1. The van der Waals surface area contributed by atoms with Gasteiger partial charge in [-0.1, -0.05) is 18.5 Å². The maximum atomic E-state index is 11.0. The molecule has 0 amide bonds. The molecule has 0 saturated carbocycles. The Bertz CT molecular complexity index is 307. The summed E-state index contributed by atoms with van der Waals surface area (Å²) in [6, 6.07) is 0. The van der Waals surface area contributed by atoms with Gasteiger partial charge in [-0.25, -0.2) is 0 Å². The van der Waals surface area contributed by atoms with Crippen molar-refractivity contribution in [2.24, 2.45) is 0 Å². The molecular weight excluding hydrogens is 190 g/mol. The first-order chi connectivity index (χ1) is 6.16. The third kappa shape index (κ3) is 2.31. The average Bonchev–Trinajstić information content (AvgIpc) is 2.43. The quantitative estimate of drug-likeness (QED) is 0.704. The fourth-order valence-electron chi connectivity index (χ4n) is 1.18. The van der Waals surface area contributed by atoms with Gasteiger partial charge in [0.25, 0.3) is 5.24 Å². The van der Waals surface area contributed by atoms with Crippen molar-refractivity contribution in [1.82, 2.24) is 5.16 Å². The highest BCUT2D eigenvalue weighted by Crippen LogP contribution is 2.17. The van der Waals surface area contributed by atoms with Crippen molar-refractivity contribution >= 4 is 16.8 Å². The third-order valence-corrected chi connectivity index (χ3v) is 2.08. The predicted molar refractivity (Wildman–Crippen MR) is 50.0 cm³/mol. The lowest BCUT2D eigenvalue weighted by molar-refractivity contribution is 0.107. The summed E-state index contributed by atoms with van der Waals surface area (Å²) in [5.41, 5.74) is 1.02. The first-order valence-electron chi connectivity index (χ1n) is 4.31. The number of hydrogen-bond donors (Lipinski definition) is 0. The number of rotatable bonds is 4. The normalized spacial score (nSPS) is 10.4. The summed E-state index contributed by atoms with van der Waals surface area (Å²) in [7, 11) is 0. The van der Waals surface area contributed by atoms with E-state index in [1.54, 1.807) is 6.92 Å². The van der Waals surface area contributed by atoms with Crippen LogP contribution in [0.15, 0.2) is 4.52 Å². The standard InChI is InChI=1S/C9H12ClNO2/c1-3-4-5-7-8(9(10)12)6(2)11-13-7/h3-5H2,1-2H3. The zero-order valence-electron chi connectivity index (χ0n) is 7.76. The molecule has 0 aliphatic rings. The smallest absolute Gasteiger partial charge is 0.257 e. The van der Waals surface area contributed by atoms with Gasteiger partial charge in [-0.05, 0) is 24.9 Å². The Morgan fingerprint density at radius 1 is 1.62 bits per heavy atom. The van der Waals surface area contributed by atoms with E-state index in [1.807, 2.05) is 0 Å². The molecule has 0 aliphatic carbocycles. The maximum Gasteiger partial charge on any atom is 0.257 e. The zero-order valence-corrected chi connectivity index (χ0v) is 8.52. The SMILES string of the molecule is CCCCc1onc(C)c1C(=O)Cl. The number of unbranched alkanes of at least 4 members (excludes halogenated alkanes) is 1. The summed E-state index contributed by atoms with van der Waals surface area (Å²) in [5, 5.41) is 3.23. The molecule has 0 unspecified atom stereocenters.